The second kappa shape index (κ2) is 7.47. The lowest BCUT2D eigenvalue weighted by atomic mass is 10.2. The summed E-state index contributed by atoms with van der Waals surface area (Å²) < 4.78 is 24.1. The van der Waals surface area contributed by atoms with E-state index in [1.807, 2.05) is 6.92 Å². The van der Waals surface area contributed by atoms with E-state index in [1.165, 1.54) is 11.8 Å². The number of hydrogen-bond acceptors (Lipinski definition) is 4. The topological polar surface area (TPSA) is 66.8 Å². The number of benzene rings is 1. The van der Waals surface area contributed by atoms with Crippen LogP contribution < -0.4 is 4.90 Å². The number of nitrogens with zero attached hydrogens (tertiary/aromatic N) is 2. The van der Waals surface area contributed by atoms with E-state index in [1.54, 1.807) is 23.1 Å². The molecular weight excluding hydrogens is 403 g/mol. The van der Waals surface area contributed by atoms with Crippen molar-refractivity contribution in [2.75, 3.05) is 16.4 Å². The fourth-order valence-corrected chi connectivity index (χ4v) is 7.33. The Bertz CT molecular complexity index is 827. The van der Waals surface area contributed by atoms with Gasteiger partial charge in [-0.05, 0) is 18.6 Å². The van der Waals surface area contributed by atoms with Gasteiger partial charge >= 0.3 is 0 Å². The Morgan fingerprint density at radius 2 is 2.12 bits per heavy atom. The van der Waals surface area contributed by atoms with Gasteiger partial charge in [-0.25, -0.2) is 8.42 Å². The SMILES string of the molecule is CCCCC(=O)N=C1S[C@H]2CS(=O)(=O)C[C@@H]2N1c1cccc(Cl)c1Cl. The number of hydrogen-bond donors (Lipinski definition) is 0. The van der Waals surface area contributed by atoms with Gasteiger partial charge in [0.05, 0.1) is 33.3 Å². The lowest BCUT2D eigenvalue weighted by Crippen LogP contribution is -2.38. The number of unbranched alkanes of at least 4 members (excludes halogenated alkanes) is 1. The van der Waals surface area contributed by atoms with Crippen LogP contribution in [0.2, 0.25) is 10.0 Å². The van der Waals surface area contributed by atoms with Gasteiger partial charge in [0.15, 0.2) is 15.0 Å². The zero-order chi connectivity index (χ0) is 18.2. The molecular formula is C16H18Cl2N2O3S2. The van der Waals surface area contributed by atoms with E-state index in [4.69, 9.17) is 23.2 Å². The minimum atomic E-state index is -3.11. The molecule has 0 radical (unpaired) electrons. The summed E-state index contributed by atoms with van der Waals surface area (Å²) in [5.41, 5.74) is 0.591. The number of anilines is 1. The minimum absolute atomic E-state index is 0.0235. The van der Waals surface area contributed by atoms with E-state index in [9.17, 15) is 13.2 Å². The van der Waals surface area contributed by atoms with Crippen LogP contribution in [0.1, 0.15) is 26.2 Å². The summed E-state index contributed by atoms with van der Waals surface area (Å²) in [5.74, 6) is -0.0927. The molecule has 136 valence electrons. The largest absolute Gasteiger partial charge is 0.314 e. The maximum atomic E-state index is 12.1. The number of rotatable bonds is 4. The maximum absolute atomic E-state index is 12.1. The monoisotopic (exact) mass is 420 g/mol. The first kappa shape index (κ1) is 19.0. The average molecular weight is 421 g/mol. The molecule has 9 heteroatoms. The van der Waals surface area contributed by atoms with Crippen LogP contribution in [0.15, 0.2) is 23.2 Å². The Morgan fingerprint density at radius 3 is 2.84 bits per heavy atom. The van der Waals surface area contributed by atoms with Gasteiger partial charge in [-0.15, -0.1) is 0 Å². The molecule has 0 N–H and O–H groups in total. The fraction of sp³-hybridized carbons (Fsp3) is 0.500. The van der Waals surface area contributed by atoms with Crippen molar-refractivity contribution < 1.29 is 13.2 Å². The van der Waals surface area contributed by atoms with Crippen LogP contribution in [-0.4, -0.2) is 42.3 Å². The highest BCUT2D eigenvalue weighted by atomic mass is 35.5. The quantitative estimate of drug-likeness (QED) is 0.740. The highest BCUT2D eigenvalue weighted by Gasteiger charge is 2.49. The third kappa shape index (κ3) is 3.99. The standard InChI is InChI=1S/C16H18Cl2N2O3S2/c1-2-3-7-14(21)19-16-20(11-6-4-5-10(17)15(11)18)12-8-25(22,23)9-13(12)24-16/h4-6,12-13H,2-3,7-9H2,1H3/t12-,13-/m0/s1. The molecule has 0 aliphatic carbocycles. The summed E-state index contributed by atoms with van der Waals surface area (Å²) in [5, 5.41) is 1.07. The lowest BCUT2D eigenvalue weighted by Gasteiger charge is -2.25. The number of amides is 1. The van der Waals surface area contributed by atoms with Gasteiger partial charge in [-0.3, -0.25) is 4.79 Å². The Morgan fingerprint density at radius 1 is 1.36 bits per heavy atom. The van der Waals surface area contributed by atoms with E-state index >= 15 is 0 Å². The van der Waals surface area contributed by atoms with Crippen molar-refractivity contribution >= 4 is 61.6 Å². The Hall–Kier alpha value is -0.760. The molecule has 3 rings (SSSR count). The summed E-state index contributed by atoms with van der Waals surface area (Å²) in [7, 11) is -3.11. The first-order valence-corrected chi connectivity index (χ1v) is 11.5. The predicted octanol–water partition coefficient (Wildman–Crippen LogP) is 3.79. The Balaban J connectivity index is 2.00. The van der Waals surface area contributed by atoms with Crippen LogP contribution in [0.3, 0.4) is 0 Å². The van der Waals surface area contributed by atoms with E-state index in [0.717, 1.165) is 12.8 Å². The molecule has 2 fully saturated rings. The molecule has 2 heterocycles. The first-order valence-electron chi connectivity index (χ1n) is 8.04. The molecule has 0 bridgehead atoms. The van der Waals surface area contributed by atoms with E-state index in [-0.39, 0.29) is 28.7 Å². The van der Waals surface area contributed by atoms with Gasteiger partial charge in [0.2, 0.25) is 5.91 Å². The molecule has 1 aromatic carbocycles. The zero-order valence-corrected chi connectivity index (χ0v) is 16.8. The van der Waals surface area contributed by atoms with Crippen molar-refractivity contribution in [2.24, 2.45) is 4.99 Å². The molecule has 0 aromatic heterocycles. The molecule has 2 aliphatic rings. The summed E-state index contributed by atoms with van der Waals surface area (Å²) in [6.07, 6.45) is 2.07. The maximum Gasteiger partial charge on any atom is 0.248 e. The Kier molecular flexibility index (Phi) is 5.68. The predicted molar refractivity (Wildman–Crippen MR) is 105 cm³/mol. The summed E-state index contributed by atoms with van der Waals surface area (Å²) in [6, 6.07) is 4.90. The highest BCUT2D eigenvalue weighted by Crippen LogP contribution is 2.44. The van der Waals surface area contributed by atoms with Crippen molar-refractivity contribution in [3.63, 3.8) is 0 Å². The van der Waals surface area contributed by atoms with Crippen molar-refractivity contribution in [1.29, 1.82) is 0 Å². The number of aliphatic imine (C=N–C) groups is 1. The number of amidine groups is 1. The van der Waals surface area contributed by atoms with E-state index in [2.05, 4.69) is 4.99 Å². The third-order valence-corrected chi connectivity index (χ3v) is 8.24. The number of fused-ring (bicyclic) bond motifs is 1. The highest BCUT2D eigenvalue weighted by molar-refractivity contribution is 8.16. The molecule has 0 spiro atoms. The van der Waals surface area contributed by atoms with Crippen LogP contribution in [0, 0.1) is 0 Å². The van der Waals surface area contributed by atoms with Crippen molar-refractivity contribution in [3.8, 4) is 0 Å². The first-order chi connectivity index (χ1) is 11.8. The number of sulfone groups is 1. The minimum Gasteiger partial charge on any atom is -0.314 e. The molecule has 0 unspecified atom stereocenters. The van der Waals surface area contributed by atoms with Crippen LogP contribution in [0.5, 0.6) is 0 Å². The second-order valence-electron chi connectivity index (χ2n) is 6.14. The molecule has 0 saturated carbocycles. The average Bonchev–Trinajstić information content (AvgIpc) is 2.99. The fourth-order valence-electron chi connectivity index (χ4n) is 3.02. The van der Waals surface area contributed by atoms with Crippen LogP contribution >= 0.6 is 35.0 Å². The number of carbonyl (C=O) groups is 1. The molecule has 2 aliphatic heterocycles. The number of halogens is 2. The molecule has 1 aromatic rings. The van der Waals surface area contributed by atoms with Crippen LogP contribution in [0.4, 0.5) is 5.69 Å². The van der Waals surface area contributed by atoms with Gasteiger partial charge in [0.25, 0.3) is 0 Å². The molecule has 5 nitrogen and oxygen atoms in total. The van der Waals surface area contributed by atoms with Gasteiger partial charge in [-0.2, -0.15) is 4.99 Å². The molecule has 2 atom stereocenters. The van der Waals surface area contributed by atoms with Gasteiger partial charge in [0.1, 0.15) is 0 Å². The molecule has 25 heavy (non-hydrogen) atoms. The summed E-state index contributed by atoms with van der Waals surface area (Å²) in [6.45, 7) is 2.01. The normalized spacial score (nSPS) is 26.2. The van der Waals surface area contributed by atoms with Crippen molar-refractivity contribution in [1.82, 2.24) is 0 Å². The molecule has 2 saturated heterocycles. The van der Waals surface area contributed by atoms with E-state index in [0.29, 0.717) is 27.3 Å². The van der Waals surface area contributed by atoms with E-state index < -0.39 is 9.84 Å². The zero-order valence-electron chi connectivity index (χ0n) is 13.6. The number of carbonyl (C=O) groups excluding carboxylic acids is 1. The second-order valence-corrected chi connectivity index (χ2v) is 10.3. The Labute approximate surface area is 161 Å². The number of thioether (sulfide) groups is 1. The summed E-state index contributed by atoms with van der Waals surface area (Å²) >= 11 is 13.8. The van der Waals surface area contributed by atoms with Crippen LogP contribution in [-0.2, 0) is 14.6 Å². The lowest BCUT2D eigenvalue weighted by molar-refractivity contribution is -0.117. The summed E-state index contributed by atoms with van der Waals surface area (Å²) in [4.78, 5) is 18.1. The van der Waals surface area contributed by atoms with Gasteiger partial charge in [-0.1, -0.05) is 54.4 Å². The molecule has 1 amide bonds. The van der Waals surface area contributed by atoms with Crippen molar-refractivity contribution in [3.05, 3.63) is 28.2 Å². The van der Waals surface area contributed by atoms with Crippen molar-refractivity contribution in [2.45, 2.75) is 37.5 Å². The van der Waals surface area contributed by atoms with Gasteiger partial charge < -0.3 is 4.90 Å². The third-order valence-electron chi connectivity index (χ3n) is 4.22. The van der Waals surface area contributed by atoms with Gasteiger partial charge in [0, 0.05) is 11.7 Å². The van der Waals surface area contributed by atoms with Crippen LogP contribution in [0.25, 0.3) is 0 Å². The smallest absolute Gasteiger partial charge is 0.248 e.